The van der Waals surface area contributed by atoms with Gasteiger partial charge in [-0.3, -0.25) is 0 Å². The molecule has 1 nitrogen and oxygen atoms in total. The Labute approximate surface area is 154 Å². The minimum absolute atomic E-state index is 0. The summed E-state index contributed by atoms with van der Waals surface area (Å²) in [6, 6.07) is 10.4. The first-order valence-electron chi connectivity index (χ1n) is 4.97. The van der Waals surface area contributed by atoms with Gasteiger partial charge in [-0.25, -0.2) is 0 Å². The molecule has 0 aliphatic rings. The van der Waals surface area contributed by atoms with Gasteiger partial charge in [-0.05, 0) is 35.0 Å². The Kier molecular flexibility index (Phi) is 6.21. The van der Waals surface area contributed by atoms with Gasteiger partial charge in [-0.1, -0.05) is 28.1 Å². The van der Waals surface area contributed by atoms with Crippen LogP contribution in [0.4, 0.5) is 12.9 Å². The number of benzene rings is 2. The predicted molar refractivity (Wildman–Crippen MR) is 66.2 cm³/mol. The van der Waals surface area contributed by atoms with Crippen molar-refractivity contribution in [3.05, 3.63) is 40.9 Å². The van der Waals surface area contributed by atoms with Crippen LogP contribution < -0.4 is 56.1 Å². The molecule has 90 valence electrons. The van der Waals surface area contributed by atoms with Gasteiger partial charge in [0.05, 0.1) is 6.51 Å². The molecule has 0 aliphatic heterocycles. The second kappa shape index (κ2) is 6.76. The predicted octanol–water partition coefficient (Wildman–Crippen LogP) is 1.37. The van der Waals surface area contributed by atoms with E-state index in [4.69, 9.17) is 4.74 Å². The summed E-state index contributed by atoms with van der Waals surface area (Å²) < 4.78 is 41.7. The van der Waals surface area contributed by atoms with Crippen LogP contribution in [-0.4, -0.2) is 13.5 Å². The third kappa shape index (κ3) is 4.86. The van der Waals surface area contributed by atoms with E-state index in [9.17, 15) is 12.9 Å². The number of hydrogen-bond acceptors (Lipinski definition) is 1. The molecule has 0 unspecified atom stereocenters. The molecular weight excluding hydrogens is 335 g/mol. The Morgan fingerprint density at radius 1 is 1.00 bits per heavy atom. The van der Waals surface area contributed by atoms with E-state index >= 15 is 0 Å². The van der Waals surface area contributed by atoms with Gasteiger partial charge in [0.15, 0.2) is 0 Å². The first-order chi connectivity index (χ1) is 7.94. The van der Waals surface area contributed by atoms with E-state index in [2.05, 4.69) is 15.9 Å². The largest absolute Gasteiger partial charge is 1.00 e. The maximum Gasteiger partial charge on any atom is 1.00 e. The van der Waals surface area contributed by atoms with Gasteiger partial charge in [-0.15, -0.1) is 0 Å². The molecule has 2 aromatic carbocycles. The molecule has 2 aromatic rings. The average molecular weight is 343 g/mol. The van der Waals surface area contributed by atoms with Crippen LogP contribution in [0.3, 0.4) is 0 Å². The maximum absolute atomic E-state index is 12.0. The van der Waals surface area contributed by atoms with Crippen molar-refractivity contribution < 1.29 is 69.1 Å². The van der Waals surface area contributed by atoms with Crippen molar-refractivity contribution in [2.24, 2.45) is 0 Å². The van der Waals surface area contributed by atoms with Crippen molar-refractivity contribution in [1.82, 2.24) is 0 Å². The first-order valence-corrected chi connectivity index (χ1v) is 5.76. The zero-order chi connectivity index (χ0) is 12.5. The summed E-state index contributed by atoms with van der Waals surface area (Å²) >= 11 is 3.33. The number of fused-ring (bicyclic) bond motifs is 1. The Balaban J connectivity index is 0.00000162. The molecule has 0 spiro atoms. The van der Waals surface area contributed by atoms with Crippen molar-refractivity contribution in [2.45, 2.75) is 0 Å². The van der Waals surface area contributed by atoms with Crippen LogP contribution in [0, 0.1) is 0 Å². The van der Waals surface area contributed by atoms with Crippen LogP contribution >= 0.6 is 15.9 Å². The van der Waals surface area contributed by atoms with Crippen LogP contribution in [0.1, 0.15) is 0 Å². The molecule has 0 aromatic heterocycles. The smallest absolute Gasteiger partial charge is 0.522 e. The fraction of sp³-hybridized carbons (Fsp3) is 0.0909. The first kappa shape index (κ1) is 16.5. The van der Waals surface area contributed by atoms with Crippen LogP contribution in [0.25, 0.3) is 10.8 Å². The molecule has 0 saturated carbocycles. The molecule has 0 bridgehead atoms. The molecule has 0 heterocycles. The zero-order valence-electron chi connectivity index (χ0n) is 9.67. The second-order valence-corrected chi connectivity index (χ2v) is 4.59. The fourth-order valence-electron chi connectivity index (χ4n) is 1.48. The molecule has 0 saturated heterocycles. The normalized spacial score (nSPS) is 11.1. The van der Waals surface area contributed by atoms with Crippen LogP contribution in [-0.2, 0) is 0 Å². The molecular formula is C11H8BBrF3KO. The van der Waals surface area contributed by atoms with Gasteiger partial charge in [0.25, 0.3) is 0 Å². The number of halogens is 4. The third-order valence-electron chi connectivity index (χ3n) is 2.21. The molecule has 18 heavy (non-hydrogen) atoms. The van der Waals surface area contributed by atoms with E-state index in [1.54, 1.807) is 12.1 Å². The van der Waals surface area contributed by atoms with E-state index in [1.807, 2.05) is 18.2 Å². The number of hydrogen-bond donors (Lipinski definition) is 0. The molecule has 0 N–H and O–H groups in total. The number of rotatable bonds is 3. The van der Waals surface area contributed by atoms with Crippen molar-refractivity contribution >= 4 is 33.7 Å². The van der Waals surface area contributed by atoms with Gasteiger partial charge in [0, 0.05) is 4.47 Å². The monoisotopic (exact) mass is 342 g/mol. The van der Waals surface area contributed by atoms with E-state index in [1.165, 1.54) is 6.07 Å². The summed E-state index contributed by atoms with van der Waals surface area (Å²) in [4.78, 5) is 0. The molecule has 0 fully saturated rings. The summed E-state index contributed by atoms with van der Waals surface area (Å²) in [6.07, 6.45) is 0. The summed E-state index contributed by atoms with van der Waals surface area (Å²) in [5, 5.41) is 1.80. The molecule has 2 rings (SSSR count). The molecule has 0 atom stereocenters. The van der Waals surface area contributed by atoms with E-state index in [-0.39, 0.29) is 57.1 Å². The van der Waals surface area contributed by atoms with Crippen LogP contribution in [0.5, 0.6) is 5.75 Å². The Morgan fingerprint density at radius 2 is 1.61 bits per heavy atom. The zero-order valence-corrected chi connectivity index (χ0v) is 14.4. The van der Waals surface area contributed by atoms with Gasteiger partial charge in [0.2, 0.25) is 0 Å². The quantitative estimate of drug-likeness (QED) is 0.766. The molecule has 0 aliphatic carbocycles. The topological polar surface area (TPSA) is 9.23 Å². The Hall–Kier alpha value is 0.471. The van der Waals surface area contributed by atoms with Gasteiger partial charge < -0.3 is 17.7 Å². The van der Waals surface area contributed by atoms with E-state index in [0.717, 1.165) is 15.2 Å². The van der Waals surface area contributed by atoms with Crippen molar-refractivity contribution in [1.29, 1.82) is 0 Å². The second-order valence-electron chi connectivity index (χ2n) is 3.67. The SMILES string of the molecule is F[B-](F)(F)COc1ccc2cc(Br)ccc2c1.[K+]. The van der Waals surface area contributed by atoms with Crippen molar-refractivity contribution in [2.75, 3.05) is 6.51 Å². The minimum atomic E-state index is -4.91. The summed E-state index contributed by atoms with van der Waals surface area (Å²) in [7, 11) is 0. The molecule has 0 radical (unpaired) electrons. The van der Waals surface area contributed by atoms with Gasteiger partial charge in [-0.2, -0.15) is 0 Å². The van der Waals surface area contributed by atoms with Crippen LogP contribution in [0.15, 0.2) is 40.9 Å². The standard InChI is InChI=1S/C11H8BBrF3O.K/c13-10-3-1-9-6-11(4-2-8(9)5-10)17-7-12(14,15)16;/h1-6H,7H2;/q-1;+1. The summed E-state index contributed by atoms with van der Waals surface area (Å²) in [6.45, 7) is -6.12. The maximum atomic E-state index is 12.0. The average Bonchev–Trinajstić information content (AvgIpc) is 2.25. The number of ether oxygens (including phenoxy) is 1. The van der Waals surface area contributed by atoms with Gasteiger partial charge >= 0.3 is 58.4 Å². The van der Waals surface area contributed by atoms with E-state index < -0.39 is 13.5 Å². The Bertz CT molecular complexity index is 547. The fourth-order valence-corrected chi connectivity index (χ4v) is 1.85. The third-order valence-corrected chi connectivity index (χ3v) is 2.71. The summed E-state index contributed by atoms with van der Waals surface area (Å²) in [5.74, 6) is 0.235. The Morgan fingerprint density at radius 3 is 2.28 bits per heavy atom. The minimum Gasteiger partial charge on any atom is -0.522 e. The van der Waals surface area contributed by atoms with Gasteiger partial charge in [0.1, 0.15) is 5.75 Å². The van der Waals surface area contributed by atoms with Crippen molar-refractivity contribution in [3.8, 4) is 5.75 Å². The summed E-state index contributed by atoms with van der Waals surface area (Å²) in [5.41, 5.74) is 0. The molecule has 0 amide bonds. The molecule has 7 heteroatoms. The van der Waals surface area contributed by atoms with Crippen LogP contribution in [0.2, 0.25) is 0 Å². The van der Waals surface area contributed by atoms with Crippen molar-refractivity contribution in [3.63, 3.8) is 0 Å². The van der Waals surface area contributed by atoms with E-state index in [0.29, 0.717) is 0 Å².